The van der Waals surface area contributed by atoms with Gasteiger partial charge in [-0.1, -0.05) is 0 Å². The molecule has 1 aromatic rings. The minimum atomic E-state index is -3.80. The summed E-state index contributed by atoms with van der Waals surface area (Å²) in [5.41, 5.74) is 0.226. The molecule has 0 atom stereocenters. The van der Waals surface area contributed by atoms with Crippen molar-refractivity contribution in [1.82, 2.24) is 5.32 Å². The van der Waals surface area contributed by atoms with E-state index in [-0.39, 0.29) is 17.1 Å². The number of nitrogens with two attached hydrogens (primary N) is 1. The topological polar surface area (TPSA) is 142 Å². The van der Waals surface area contributed by atoms with Gasteiger partial charge in [0, 0.05) is 5.69 Å². The maximum absolute atomic E-state index is 11.3. The summed E-state index contributed by atoms with van der Waals surface area (Å²) in [7, 11) is -3.80. The highest BCUT2D eigenvalue weighted by atomic mass is 32.2. The normalized spacial score (nSPS) is 10.3. The van der Waals surface area contributed by atoms with Gasteiger partial charge >= 0.3 is 11.8 Å². The van der Waals surface area contributed by atoms with Crippen molar-refractivity contribution in [2.24, 2.45) is 5.14 Å². The number of anilines is 1. The fraction of sp³-hybridized carbons (Fsp3) is 0.100. The monoisotopic (exact) mass is 282 g/mol. The van der Waals surface area contributed by atoms with Crippen LogP contribution < -0.4 is 15.8 Å². The third kappa shape index (κ3) is 4.38. The molecule has 0 aliphatic carbocycles. The first-order valence-corrected chi connectivity index (χ1v) is 6.48. The molecule has 0 aromatic heterocycles. The minimum absolute atomic E-state index is 0.112. The second-order valence-corrected chi connectivity index (χ2v) is 4.93. The van der Waals surface area contributed by atoms with Gasteiger partial charge in [0.2, 0.25) is 10.0 Å². The number of carbonyl (C=O) groups is 2. The maximum Gasteiger partial charge on any atom is 0.313 e. The van der Waals surface area contributed by atoms with Gasteiger partial charge in [-0.3, -0.25) is 9.59 Å². The summed E-state index contributed by atoms with van der Waals surface area (Å²) in [4.78, 5) is 22.4. The van der Waals surface area contributed by atoms with Crippen molar-refractivity contribution >= 4 is 27.5 Å². The van der Waals surface area contributed by atoms with E-state index >= 15 is 0 Å². The van der Waals surface area contributed by atoms with E-state index in [0.717, 1.165) is 0 Å². The summed E-state index contributed by atoms with van der Waals surface area (Å²) < 4.78 is 22.0. The van der Waals surface area contributed by atoms with Crippen LogP contribution in [0.2, 0.25) is 0 Å². The largest absolute Gasteiger partial charge is 0.335 e. The van der Waals surface area contributed by atoms with E-state index in [1.54, 1.807) is 6.07 Å². The molecule has 0 aliphatic heterocycles. The predicted octanol–water partition coefficient (Wildman–Crippen LogP) is -1.09. The Morgan fingerprint density at radius 2 is 1.79 bits per heavy atom. The highest BCUT2D eigenvalue weighted by Gasteiger charge is 2.13. The van der Waals surface area contributed by atoms with Crippen LogP contribution in [0, 0.1) is 11.3 Å². The Labute approximate surface area is 109 Å². The van der Waals surface area contributed by atoms with Crippen LogP contribution in [0.5, 0.6) is 0 Å². The number of amides is 2. The number of rotatable bonds is 3. The Hall–Kier alpha value is -2.44. The van der Waals surface area contributed by atoms with E-state index in [4.69, 9.17) is 10.4 Å². The lowest BCUT2D eigenvalue weighted by molar-refractivity contribution is -0.136. The third-order valence-corrected chi connectivity index (χ3v) is 2.90. The number of primary sulfonamides is 1. The summed E-state index contributed by atoms with van der Waals surface area (Å²) in [5, 5.41) is 17.4. The molecule has 0 aliphatic rings. The first-order valence-electron chi connectivity index (χ1n) is 4.93. The van der Waals surface area contributed by atoms with Crippen molar-refractivity contribution in [2.45, 2.75) is 4.90 Å². The van der Waals surface area contributed by atoms with E-state index in [2.05, 4.69) is 10.6 Å². The standard InChI is InChI=1S/C10H10N4O4S/c11-5-6-13-9(15)10(16)14-7-1-3-8(4-2-7)19(12,17)18/h1-4H,6H2,(H,13,15)(H,14,16)(H2,12,17,18). The van der Waals surface area contributed by atoms with Gasteiger partial charge in [-0.05, 0) is 24.3 Å². The first kappa shape index (κ1) is 14.6. The second kappa shape index (κ2) is 5.94. The zero-order chi connectivity index (χ0) is 14.5. The van der Waals surface area contributed by atoms with Crippen molar-refractivity contribution in [3.63, 3.8) is 0 Å². The molecule has 8 nitrogen and oxygen atoms in total. The maximum atomic E-state index is 11.3. The van der Waals surface area contributed by atoms with Gasteiger partial charge in [0.25, 0.3) is 0 Å². The number of hydrogen-bond acceptors (Lipinski definition) is 5. The van der Waals surface area contributed by atoms with Crippen LogP contribution in [0.25, 0.3) is 0 Å². The van der Waals surface area contributed by atoms with Crippen LogP contribution in [-0.2, 0) is 19.6 Å². The summed E-state index contributed by atoms with van der Waals surface area (Å²) in [6, 6.07) is 6.61. The van der Waals surface area contributed by atoms with E-state index in [0.29, 0.717) is 0 Å². The zero-order valence-corrected chi connectivity index (χ0v) is 10.4. The summed E-state index contributed by atoms with van der Waals surface area (Å²) in [6.07, 6.45) is 0. The van der Waals surface area contributed by atoms with Crippen LogP contribution in [0.4, 0.5) is 5.69 Å². The van der Waals surface area contributed by atoms with Crippen molar-refractivity contribution in [3.8, 4) is 6.07 Å². The number of nitrogens with zero attached hydrogens (tertiary/aromatic N) is 1. The van der Waals surface area contributed by atoms with Gasteiger partial charge in [0.05, 0.1) is 11.0 Å². The Kier molecular flexibility index (Phi) is 4.57. The van der Waals surface area contributed by atoms with E-state index in [9.17, 15) is 18.0 Å². The fourth-order valence-corrected chi connectivity index (χ4v) is 1.63. The van der Waals surface area contributed by atoms with Gasteiger partial charge in [0.15, 0.2) is 0 Å². The molecule has 0 saturated heterocycles. The average molecular weight is 282 g/mol. The Balaban J connectivity index is 2.71. The van der Waals surface area contributed by atoms with E-state index in [1.807, 2.05) is 0 Å². The van der Waals surface area contributed by atoms with Crippen LogP contribution in [0.3, 0.4) is 0 Å². The molecule has 1 aromatic carbocycles. The van der Waals surface area contributed by atoms with Crippen LogP contribution >= 0.6 is 0 Å². The molecule has 0 heterocycles. The number of benzene rings is 1. The van der Waals surface area contributed by atoms with Crippen LogP contribution in [-0.4, -0.2) is 26.8 Å². The molecule has 19 heavy (non-hydrogen) atoms. The van der Waals surface area contributed by atoms with Crippen molar-refractivity contribution in [3.05, 3.63) is 24.3 Å². The summed E-state index contributed by atoms with van der Waals surface area (Å²) in [5.74, 6) is -1.92. The molecular weight excluding hydrogens is 272 g/mol. The highest BCUT2D eigenvalue weighted by Crippen LogP contribution is 2.12. The molecule has 100 valence electrons. The lowest BCUT2D eigenvalue weighted by Crippen LogP contribution is -2.35. The van der Waals surface area contributed by atoms with Gasteiger partial charge in [-0.25, -0.2) is 13.6 Å². The number of carbonyl (C=O) groups excluding carboxylic acids is 2. The number of hydrogen-bond donors (Lipinski definition) is 3. The smallest absolute Gasteiger partial charge is 0.313 e. The average Bonchev–Trinajstić information content (AvgIpc) is 2.35. The molecular formula is C10H10N4O4S. The molecule has 1 rings (SSSR count). The van der Waals surface area contributed by atoms with Crippen LogP contribution in [0.1, 0.15) is 0 Å². The lowest BCUT2D eigenvalue weighted by Gasteiger charge is -2.05. The van der Waals surface area contributed by atoms with Crippen molar-refractivity contribution in [1.29, 1.82) is 5.26 Å². The van der Waals surface area contributed by atoms with Gasteiger partial charge in [0.1, 0.15) is 6.54 Å². The predicted molar refractivity (Wildman–Crippen MR) is 65.1 cm³/mol. The molecule has 0 fully saturated rings. The Morgan fingerprint density at radius 3 is 2.26 bits per heavy atom. The van der Waals surface area contributed by atoms with Crippen LogP contribution in [0.15, 0.2) is 29.2 Å². The van der Waals surface area contributed by atoms with Crippen molar-refractivity contribution < 1.29 is 18.0 Å². The number of sulfonamides is 1. The molecule has 2 amide bonds. The third-order valence-electron chi connectivity index (χ3n) is 1.97. The molecule has 4 N–H and O–H groups in total. The van der Waals surface area contributed by atoms with Crippen molar-refractivity contribution in [2.75, 3.05) is 11.9 Å². The first-order chi connectivity index (χ1) is 8.84. The number of nitriles is 1. The lowest BCUT2D eigenvalue weighted by atomic mass is 10.3. The van der Waals surface area contributed by atoms with Gasteiger partial charge in [-0.15, -0.1) is 0 Å². The Bertz CT molecular complexity index is 630. The van der Waals surface area contributed by atoms with E-state index in [1.165, 1.54) is 24.3 Å². The molecule has 0 radical (unpaired) electrons. The van der Waals surface area contributed by atoms with Gasteiger partial charge in [-0.2, -0.15) is 5.26 Å². The number of nitrogens with one attached hydrogen (secondary N) is 2. The minimum Gasteiger partial charge on any atom is -0.335 e. The SMILES string of the molecule is N#CCNC(=O)C(=O)Nc1ccc(S(N)(=O)=O)cc1. The molecule has 0 spiro atoms. The quantitative estimate of drug-likeness (QED) is 0.477. The van der Waals surface area contributed by atoms with Gasteiger partial charge < -0.3 is 10.6 Å². The van der Waals surface area contributed by atoms with E-state index < -0.39 is 21.8 Å². The molecule has 0 bridgehead atoms. The Morgan fingerprint density at radius 1 is 1.21 bits per heavy atom. The summed E-state index contributed by atoms with van der Waals surface area (Å²) >= 11 is 0. The summed E-state index contributed by atoms with van der Waals surface area (Å²) in [6.45, 7) is -0.281. The fourth-order valence-electron chi connectivity index (χ4n) is 1.12. The highest BCUT2D eigenvalue weighted by molar-refractivity contribution is 7.89. The molecule has 0 saturated carbocycles. The molecule has 9 heteroatoms. The second-order valence-electron chi connectivity index (χ2n) is 3.36. The molecule has 0 unspecified atom stereocenters. The zero-order valence-electron chi connectivity index (χ0n) is 9.58.